The van der Waals surface area contributed by atoms with Crippen molar-refractivity contribution in [3.05, 3.63) is 0 Å². The second kappa shape index (κ2) is 4.57. The Morgan fingerprint density at radius 3 is 2.23 bits per heavy atom. The minimum Gasteiger partial charge on any atom is -0.344 e. The maximum atomic E-state index is 11.0. The summed E-state index contributed by atoms with van der Waals surface area (Å²) in [6, 6.07) is -0.866. The fourth-order valence-corrected chi connectivity index (χ4v) is 1.24. The van der Waals surface area contributed by atoms with Crippen LogP contribution in [0.5, 0.6) is 0 Å². The number of hydrogen-bond donors (Lipinski definition) is 1. The Labute approximate surface area is 78.4 Å². The van der Waals surface area contributed by atoms with E-state index in [0.29, 0.717) is 6.42 Å². The zero-order chi connectivity index (χ0) is 10.6. The van der Waals surface area contributed by atoms with Crippen molar-refractivity contribution in [3.8, 4) is 0 Å². The molecule has 0 aliphatic carbocycles. The molecule has 5 nitrogen and oxygen atoms in total. The number of carbonyl (C=O) groups is 1. The van der Waals surface area contributed by atoms with Crippen molar-refractivity contribution < 1.29 is 17.4 Å². The van der Waals surface area contributed by atoms with Crippen LogP contribution < -0.4 is 5.73 Å². The Morgan fingerprint density at radius 1 is 1.46 bits per heavy atom. The SMILES string of the molecule is CC(C)CC(N)C(=O)OS(C)(=O)=O. The minimum absolute atomic E-state index is 0.224. The Hall–Kier alpha value is -0.620. The molecule has 0 saturated heterocycles. The Bertz CT molecular complexity index is 270. The van der Waals surface area contributed by atoms with Crippen molar-refractivity contribution in [3.63, 3.8) is 0 Å². The fourth-order valence-electron chi connectivity index (χ4n) is 0.815. The van der Waals surface area contributed by atoms with Crippen molar-refractivity contribution >= 4 is 16.1 Å². The second-order valence-electron chi connectivity index (χ2n) is 3.34. The van der Waals surface area contributed by atoms with Crippen molar-refractivity contribution in [1.29, 1.82) is 0 Å². The molecule has 0 spiro atoms. The average molecular weight is 209 g/mol. The second-order valence-corrected chi connectivity index (χ2v) is 4.92. The lowest BCUT2D eigenvalue weighted by Crippen LogP contribution is -2.34. The normalized spacial score (nSPS) is 14.2. The standard InChI is InChI=1S/C7H15NO4S/c1-5(2)4-6(8)7(9)12-13(3,10)11/h5-6H,4,8H2,1-3H3. The van der Waals surface area contributed by atoms with Gasteiger partial charge in [0.2, 0.25) is 0 Å². The van der Waals surface area contributed by atoms with Gasteiger partial charge in [0.15, 0.2) is 0 Å². The molecule has 2 N–H and O–H groups in total. The topological polar surface area (TPSA) is 86.5 Å². The molecule has 0 aliphatic heterocycles. The first kappa shape index (κ1) is 12.4. The van der Waals surface area contributed by atoms with Gasteiger partial charge in [-0.3, -0.25) is 0 Å². The van der Waals surface area contributed by atoms with Crippen LogP contribution in [0.4, 0.5) is 0 Å². The van der Waals surface area contributed by atoms with Gasteiger partial charge >= 0.3 is 16.1 Å². The maximum absolute atomic E-state index is 11.0. The van der Waals surface area contributed by atoms with E-state index >= 15 is 0 Å². The van der Waals surface area contributed by atoms with Gasteiger partial charge in [-0.2, -0.15) is 8.42 Å². The first-order valence-corrected chi connectivity index (χ1v) is 5.73. The van der Waals surface area contributed by atoms with E-state index in [-0.39, 0.29) is 5.92 Å². The quantitative estimate of drug-likeness (QED) is 0.651. The molecule has 0 radical (unpaired) electrons. The molecule has 0 aromatic rings. The molecule has 13 heavy (non-hydrogen) atoms. The molecule has 0 fully saturated rings. The number of rotatable bonds is 4. The van der Waals surface area contributed by atoms with Crippen LogP contribution in [0.15, 0.2) is 0 Å². The van der Waals surface area contributed by atoms with Crippen molar-refractivity contribution in [1.82, 2.24) is 0 Å². The number of carbonyl (C=O) groups excluding carboxylic acids is 1. The van der Waals surface area contributed by atoms with Gasteiger partial charge in [0, 0.05) is 0 Å². The molecule has 1 atom stereocenters. The van der Waals surface area contributed by atoms with Gasteiger partial charge in [-0.25, -0.2) is 4.79 Å². The predicted molar refractivity (Wildman–Crippen MR) is 48.4 cm³/mol. The van der Waals surface area contributed by atoms with E-state index < -0.39 is 22.1 Å². The van der Waals surface area contributed by atoms with Gasteiger partial charge in [-0.05, 0) is 12.3 Å². The highest BCUT2D eigenvalue weighted by Gasteiger charge is 2.20. The average Bonchev–Trinajstić information content (AvgIpc) is 1.81. The summed E-state index contributed by atoms with van der Waals surface area (Å²) in [4.78, 5) is 11.0. The molecule has 0 aromatic carbocycles. The molecule has 0 aliphatic rings. The molecule has 6 heteroatoms. The van der Waals surface area contributed by atoms with E-state index in [1.807, 2.05) is 13.8 Å². The van der Waals surface area contributed by atoms with Gasteiger partial charge in [0.05, 0.1) is 6.26 Å². The van der Waals surface area contributed by atoms with Gasteiger partial charge in [-0.1, -0.05) is 13.8 Å². The molecule has 0 rings (SSSR count). The zero-order valence-electron chi connectivity index (χ0n) is 7.98. The zero-order valence-corrected chi connectivity index (χ0v) is 8.80. The highest BCUT2D eigenvalue weighted by atomic mass is 32.2. The molecular weight excluding hydrogens is 194 g/mol. The lowest BCUT2D eigenvalue weighted by Gasteiger charge is -2.11. The molecule has 0 amide bonds. The first-order valence-electron chi connectivity index (χ1n) is 3.91. The third-order valence-electron chi connectivity index (χ3n) is 1.26. The minimum atomic E-state index is -3.73. The Balaban J connectivity index is 4.13. The Kier molecular flexibility index (Phi) is 4.35. The highest BCUT2D eigenvalue weighted by Crippen LogP contribution is 2.04. The third-order valence-corrected chi connectivity index (χ3v) is 1.73. The molecule has 1 unspecified atom stereocenters. The van der Waals surface area contributed by atoms with Crippen LogP contribution in [-0.4, -0.2) is 26.7 Å². The van der Waals surface area contributed by atoms with E-state index in [4.69, 9.17) is 5.73 Å². The highest BCUT2D eigenvalue weighted by molar-refractivity contribution is 7.86. The Morgan fingerprint density at radius 2 is 1.92 bits per heavy atom. The monoisotopic (exact) mass is 209 g/mol. The number of hydrogen-bond acceptors (Lipinski definition) is 5. The molecule has 0 aromatic heterocycles. The van der Waals surface area contributed by atoms with Crippen LogP contribution >= 0.6 is 0 Å². The molecule has 0 saturated carbocycles. The summed E-state index contributed by atoms with van der Waals surface area (Å²) in [6.07, 6.45) is 1.22. The van der Waals surface area contributed by atoms with Gasteiger partial charge in [0.1, 0.15) is 6.04 Å². The summed E-state index contributed by atoms with van der Waals surface area (Å²) in [6.45, 7) is 3.77. The van der Waals surface area contributed by atoms with Gasteiger partial charge in [-0.15, -0.1) is 0 Å². The predicted octanol–water partition coefficient (Wildman–Crippen LogP) is -0.137. The summed E-state index contributed by atoms with van der Waals surface area (Å²) in [5.41, 5.74) is 5.39. The fraction of sp³-hybridized carbons (Fsp3) is 0.857. The smallest absolute Gasteiger partial charge is 0.338 e. The molecular formula is C7H15NO4S. The maximum Gasteiger partial charge on any atom is 0.338 e. The molecule has 0 heterocycles. The largest absolute Gasteiger partial charge is 0.344 e. The van der Waals surface area contributed by atoms with Crippen LogP contribution in [0.25, 0.3) is 0 Å². The van der Waals surface area contributed by atoms with E-state index in [1.54, 1.807) is 0 Å². The summed E-state index contributed by atoms with van der Waals surface area (Å²) >= 11 is 0. The molecule has 78 valence electrons. The summed E-state index contributed by atoms with van der Waals surface area (Å²) < 4.78 is 25.2. The van der Waals surface area contributed by atoms with E-state index in [2.05, 4.69) is 4.18 Å². The van der Waals surface area contributed by atoms with Crippen molar-refractivity contribution in [2.75, 3.05) is 6.26 Å². The van der Waals surface area contributed by atoms with Crippen LogP contribution in [0.2, 0.25) is 0 Å². The van der Waals surface area contributed by atoms with Crippen molar-refractivity contribution in [2.45, 2.75) is 26.3 Å². The van der Waals surface area contributed by atoms with E-state index in [1.165, 1.54) is 0 Å². The molecule has 0 bridgehead atoms. The van der Waals surface area contributed by atoms with Crippen LogP contribution in [0.3, 0.4) is 0 Å². The van der Waals surface area contributed by atoms with Gasteiger partial charge in [0.25, 0.3) is 0 Å². The summed E-state index contributed by atoms with van der Waals surface area (Å²) in [5, 5.41) is 0. The van der Waals surface area contributed by atoms with Gasteiger partial charge < -0.3 is 9.92 Å². The van der Waals surface area contributed by atoms with E-state index in [0.717, 1.165) is 6.26 Å². The van der Waals surface area contributed by atoms with E-state index in [9.17, 15) is 13.2 Å². The van der Waals surface area contributed by atoms with Crippen LogP contribution in [0.1, 0.15) is 20.3 Å². The summed E-state index contributed by atoms with van der Waals surface area (Å²) in [5.74, 6) is -0.668. The van der Waals surface area contributed by atoms with Crippen LogP contribution in [0, 0.1) is 5.92 Å². The van der Waals surface area contributed by atoms with Crippen molar-refractivity contribution in [2.24, 2.45) is 11.7 Å². The third kappa shape index (κ3) is 6.53. The lowest BCUT2D eigenvalue weighted by molar-refractivity contribution is -0.135. The summed E-state index contributed by atoms with van der Waals surface area (Å²) in [7, 11) is -3.73. The number of nitrogens with two attached hydrogens (primary N) is 1. The first-order chi connectivity index (χ1) is 5.72. The lowest BCUT2D eigenvalue weighted by atomic mass is 10.1. The van der Waals surface area contributed by atoms with Crippen LogP contribution in [-0.2, 0) is 19.1 Å².